The number of hydrogen-bond acceptors (Lipinski definition) is 6. The number of aromatic nitrogens is 1. The molecule has 2 aromatic carbocycles. The summed E-state index contributed by atoms with van der Waals surface area (Å²) in [7, 11) is 6.48. The Morgan fingerprint density at radius 1 is 0.739 bits per heavy atom. The molecule has 0 amide bonds. The minimum atomic E-state index is 0.671. The Bertz CT molecular complexity index is 803. The second kappa shape index (κ2) is 6.34. The number of ether oxygens (including phenoxy) is 4. The maximum absolute atomic E-state index is 5.36. The fourth-order valence-corrected chi connectivity index (χ4v) is 3.32. The summed E-state index contributed by atoms with van der Waals surface area (Å²) < 4.78 is 22.3. The quantitative estimate of drug-likeness (QED) is 0.707. The minimum absolute atomic E-state index is 0.671. The molecule has 0 aliphatic carbocycles. The molecule has 0 N–H and O–H groups in total. The van der Waals surface area contributed by atoms with Gasteiger partial charge in [0.25, 0.3) is 0 Å². The third kappa shape index (κ3) is 2.77. The van der Waals surface area contributed by atoms with Gasteiger partial charge in [0.15, 0.2) is 23.0 Å². The van der Waals surface area contributed by atoms with Gasteiger partial charge in [-0.3, -0.25) is 0 Å². The monoisotopic (exact) mass is 331 g/mol. The summed E-state index contributed by atoms with van der Waals surface area (Å²) in [4.78, 5) is 4.68. The number of thiazole rings is 1. The lowest BCUT2D eigenvalue weighted by atomic mass is 10.2. The maximum Gasteiger partial charge on any atom is 0.162 e. The molecule has 120 valence electrons. The van der Waals surface area contributed by atoms with Crippen molar-refractivity contribution in [2.24, 2.45) is 0 Å². The highest BCUT2D eigenvalue weighted by Gasteiger charge is 2.13. The summed E-state index contributed by atoms with van der Waals surface area (Å²) >= 11 is 1.59. The zero-order chi connectivity index (χ0) is 16.4. The zero-order valence-corrected chi connectivity index (χ0v) is 14.2. The van der Waals surface area contributed by atoms with Crippen LogP contribution in [0.25, 0.3) is 20.8 Å². The molecule has 5 nitrogen and oxygen atoms in total. The predicted molar refractivity (Wildman–Crippen MR) is 91.3 cm³/mol. The third-order valence-corrected chi connectivity index (χ3v) is 4.59. The molecule has 0 spiro atoms. The molecule has 0 unspecified atom stereocenters. The van der Waals surface area contributed by atoms with E-state index >= 15 is 0 Å². The lowest BCUT2D eigenvalue weighted by Crippen LogP contribution is -1.90. The van der Waals surface area contributed by atoms with E-state index in [1.54, 1.807) is 39.8 Å². The van der Waals surface area contributed by atoms with Crippen LogP contribution < -0.4 is 18.9 Å². The van der Waals surface area contributed by atoms with Gasteiger partial charge in [-0.1, -0.05) is 0 Å². The van der Waals surface area contributed by atoms with Gasteiger partial charge in [0.2, 0.25) is 0 Å². The average molecular weight is 331 g/mol. The van der Waals surface area contributed by atoms with Crippen molar-refractivity contribution < 1.29 is 18.9 Å². The first-order valence-corrected chi connectivity index (χ1v) is 7.76. The number of fused-ring (bicyclic) bond motifs is 1. The molecule has 0 bridgehead atoms. The van der Waals surface area contributed by atoms with Gasteiger partial charge in [-0.2, -0.15) is 0 Å². The molecule has 0 radical (unpaired) electrons. The molecule has 0 saturated carbocycles. The lowest BCUT2D eigenvalue weighted by molar-refractivity contribution is 0.355. The SMILES string of the molecule is COc1ccc(-c2nc3cc(OC)c(OC)cc3s2)cc1OC. The summed E-state index contributed by atoms with van der Waals surface area (Å²) in [6.07, 6.45) is 0. The fourth-order valence-electron chi connectivity index (χ4n) is 2.35. The number of nitrogens with zero attached hydrogens (tertiary/aromatic N) is 1. The Kier molecular flexibility index (Phi) is 4.25. The van der Waals surface area contributed by atoms with Crippen molar-refractivity contribution in [1.29, 1.82) is 0 Å². The van der Waals surface area contributed by atoms with E-state index in [0.717, 1.165) is 20.8 Å². The van der Waals surface area contributed by atoms with E-state index in [0.29, 0.717) is 23.0 Å². The molecule has 1 heterocycles. The van der Waals surface area contributed by atoms with Crippen LogP contribution in [0.3, 0.4) is 0 Å². The summed E-state index contributed by atoms with van der Waals surface area (Å²) in [6, 6.07) is 9.59. The van der Waals surface area contributed by atoms with Gasteiger partial charge < -0.3 is 18.9 Å². The smallest absolute Gasteiger partial charge is 0.162 e. The highest BCUT2D eigenvalue weighted by Crippen LogP contribution is 2.39. The molecule has 0 fully saturated rings. The molecule has 3 rings (SSSR count). The largest absolute Gasteiger partial charge is 0.493 e. The molecule has 3 aromatic rings. The second-order valence-electron chi connectivity index (χ2n) is 4.76. The minimum Gasteiger partial charge on any atom is -0.493 e. The van der Waals surface area contributed by atoms with Crippen molar-refractivity contribution in [3.05, 3.63) is 30.3 Å². The van der Waals surface area contributed by atoms with Gasteiger partial charge in [0.05, 0.1) is 38.7 Å². The van der Waals surface area contributed by atoms with Crippen molar-refractivity contribution in [2.75, 3.05) is 28.4 Å². The standard InChI is InChI=1S/C17H17NO4S/c1-19-12-6-5-10(7-13(12)20-2)17-18-11-8-14(21-3)15(22-4)9-16(11)23-17/h5-9H,1-4H3. The van der Waals surface area contributed by atoms with Gasteiger partial charge >= 0.3 is 0 Å². The van der Waals surface area contributed by atoms with Crippen LogP contribution in [0.1, 0.15) is 0 Å². The van der Waals surface area contributed by atoms with E-state index in [9.17, 15) is 0 Å². The van der Waals surface area contributed by atoms with E-state index in [4.69, 9.17) is 18.9 Å². The first kappa shape index (κ1) is 15.4. The average Bonchev–Trinajstić information content (AvgIpc) is 3.02. The first-order valence-electron chi connectivity index (χ1n) is 6.95. The molecular formula is C17H17NO4S. The molecule has 23 heavy (non-hydrogen) atoms. The van der Waals surface area contributed by atoms with Gasteiger partial charge in [-0.25, -0.2) is 4.98 Å². The Morgan fingerprint density at radius 2 is 1.35 bits per heavy atom. The van der Waals surface area contributed by atoms with E-state index in [2.05, 4.69) is 4.98 Å². The summed E-state index contributed by atoms with van der Waals surface area (Å²) in [6.45, 7) is 0. The molecule has 6 heteroatoms. The van der Waals surface area contributed by atoms with Crippen molar-refractivity contribution in [2.45, 2.75) is 0 Å². The Morgan fingerprint density at radius 3 is 2.00 bits per heavy atom. The summed E-state index contributed by atoms with van der Waals surface area (Å²) in [5.74, 6) is 2.74. The zero-order valence-electron chi connectivity index (χ0n) is 13.4. The van der Waals surface area contributed by atoms with E-state index in [-0.39, 0.29) is 0 Å². The van der Waals surface area contributed by atoms with E-state index in [1.807, 2.05) is 30.3 Å². The van der Waals surface area contributed by atoms with Crippen molar-refractivity contribution in [3.8, 4) is 33.6 Å². The molecule has 0 aliphatic rings. The van der Waals surface area contributed by atoms with Crippen LogP contribution in [0, 0.1) is 0 Å². The summed E-state index contributed by atoms with van der Waals surface area (Å²) in [5.41, 5.74) is 1.85. The highest BCUT2D eigenvalue weighted by atomic mass is 32.1. The van der Waals surface area contributed by atoms with Crippen LogP contribution in [-0.2, 0) is 0 Å². The van der Waals surface area contributed by atoms with E-state index < -0.39 is 0 Å². The molecule has 0 aliphatic heterocycles. The van der Waals surface area contributed by atoms with Gasteiger partial charge in [0.1, 0.15) is 5.01 Å². The van der Waals surface area contributed by atoms with Crippen molar-refractivity contribution in [1.82, 2.24) is 4.98 Å². The van der Waals surface area contributed by atoms with Crippen LogP contribution in [0.15, 0.2) is 30.3 Å². The van der Waals surface area contributed by atoms with Crippen molar-refractivity contribution >= 4 is 21.6 Å². The van der Waals surface area contributed by atoms with Crippen molar-refractivity contribution in [3.63, 3.8) is 0 Å². The highest BCUT2D eigenvalue weighted by molar-refractivity contribution is 7.21. The van der Waals surface area contributed by atoms with Gasteiger partial charge in [0, 0.05) is 17.7 Å². The fraction of sp³-hybridized carbons (Fsp3) is 0.235. The Hall–Kier alpha value is -2.47. The van der Waals surface area contributed by atoms with Crippen LogP contribution in [0.2, 0.25) is 0 Å². The van der Waals surface area contributed by atoms with Gasteiger partial charge in [-0.05, 0) is 18.2 Å². The summed E-state index contributed by atoms with van der Waals surface area (Å²) in [5, 5.41) is 0.899. The second-order valence-corrected chi connectivity index (χ2v) is 5.79. The lowest BCUT2D eigenvalue weighted by Gasteiger charge is -2.08. The third-order valence-electron chi connectivity index (χ3n) is 3.52. The number of benzene rings is 2. The van der Waals surface area contributed by atoms with Crippen LogP contribution in [-0.4, -0.2) is 33.4 Å². The number of hydrogen-bond donors (Lipinski definition) is 0. The predicted octanol–water partition coefficient (Wildman–Crippen LogP) is 4.00. The molecular weight excluding hydrogens is 314 g/mol. The van der Waals surface area contributed by atoms with Crippen LogP contribution in [0.4, 0.5) is 0 Å². The molecule has 0 atom stereocenters. The number of methoxy groups -OCH3 is 4. The first-order chi connectivity index (χ1) is 11.2. The molecule has 0 saturated heterocycles. The topological polar surface area (TPSA) is 49.8 Å². The van der Waals surface area contributed by atoms with Crippen LogP contribution >= 0.6 is 11.3 Å². The van der Waals surface area contributed by atoms with Gasteiger partial charge in [-0.15, -0.1) is 11.3 Å². The Labute approximate surface area is 138 Å². The Balaban J connectivity index is 2.10. The van der Waals surface area contributed by atoms with E-state index in [1.165, 1.54) is 0 Å². The number of rotatable bonds is 5. The normalized spacial score (nSPS) is 10.6. The van der Waals surface area contributed by atoms with Crippen LogP contribution in [0.5, 0.6) is 23.0 Å². The molecule has 1 aromatic heterocycles. The maximum atomic E-state index is 5.36.